The Morgan fingerprint density at radius 3 is 2.70 bits per heavy atom. The van der Waals surface area contributed by atoms with E-state index in [1.165, 1.54) is 0 Å². The first kappa shape index (κ1) is 17.2. The maximum absolute atomic E-state index is 13.1. The third-order valence-electron chi connectivity index (χ3n) is 7.00. The van der Waals surface area contributed by atoms with Crippen LogP contribution in [0.3, 0.4) is 0 Å². The molecule has 1 saturated carbocycles. The number of hydrogen-bond acceptors (Lipinski definition) is 8. The molecule has 8 heteroatoms. The first-order chi connectivity index (χ1) is 12.7. The molecule has 8 atom stereocenters. The van der Waals surface area contributed by atoms with E-state index in [4.69, 9.17) is 14.3 Å². The second kappa shape index (κ2) is 5.11. The first-order valence-corrected chi connectivity index (χ1v) is 9.52. The lowest BCUT2D eigenvalue weighted by Crippen LogP contribution is -2.66. The van der Waals surface area contributed by atoms with E-state index in [0.29, 0.717) is 18.6 Å². The number of aliphatic hydroxyl groups excluding tert-OH is 1. The van der Waals surface area contributed by atoms with Crippen molar-refractivity contribution in [2.75, 3.05) is 0 Å². The van der Waals surface area contributed by atoms with Gasteiger partial charge in [0.2, 0.25) is 5.79 Å². The van der Waals surface area contributed by atoms with Gasteiger partial charge in [0.15, 0.2) is 17.1 Å². The molecule has 3 unspecified atom stereocenters. The van der Waals surface area contributed by atoms with Crippen LogP contribution in [-0.2, 0) is 23.9 Å². The molecule has 0 aromatic rings. The summed E-state index contributed by atoms with van der Waals surface area (Å²) in [4.78, 5) is 31.2. The molecule has 0 aromatic heterocycles. The van der Waals surface area contributed by atoms with Crippen LogP contribution in [0.4, 0.5) is 0 Å². The van der Waals surface area contributed by atoms with E-state index in [9.17, 15) is 19.8 Å². The number of ketones is 1. The summed E-state index contributed by atoms with van der Waals surface area (Å²) in [5.74, 6) is -4.03. The summed E-state index contributed by atoms with van der Waals surface area (Å²) in [7, 11) is 0. The van der Waals surface area contributed by atoms with Gasteiger partial charge in [-0.2, -0.15) is 0 Å². The molecule has 2 aliphatic carbocycles. The number of esters is 1. The Morgan fingerprint density at radius 1 is 1.22 bits per heavy atom. The first-order valence-electron chi connectivity index (χ1n) is 9.52. The number of aliphatic hydroxyl groups is 2. The standard InChI is InChI=1S/C19H23NO7/c1-7-4-9(3)19(24)6-10(20-27-19)12-14(22)15-8(2)5-18(12)16(25-15)11(13(7)21)17(23)26-18/h7-9,12,14-15,22,24H,4-6H2,1-3H3/t7-,8-,9+,12-,14?,15?,18?,19+/m1/s1. The van der Waals surface area contributed by atoms with Gasteiger partial charge in [-0.05, 0) is 12.3 Å². The van der Waals surface area contributed by atoms with Crippen molar-refractivity contribution in [3.05, 3.63) is 11.3 Å². The van der Waals surface area contributed by atoms with E-state index in [-0.39, 0.29) is 35.4 Å². The molecule has 0 radical (unpaired) electrons. The smallest absolute Gasteiger partial charge is 0.346 e. The number of rotatable bonds is 0. The summed E-state index contributed by atoms with van der Waals surface area (Å²) in [6.07, 6.45) is -0.701. The average Bonchev–Trinajstić information content (AvgIpc) is 3.11. The van der Waals surface area contributed by atoms with Gasteiger partial charge in [0.1, 0.15) is 17.8 Å². The zero-order valence-corrected chi connectivity index (χ0v) is 15.5. The highest BCUT2D eigenvalue weighted by Crippen LogP contribution is 2.58. The lowest BCUT2D eigenvalue weighted by Gasteiger charge is -2.54. The minimum Gasteiger partial charge on any atom is -0.486 e. The van der Waals surface area contributed by atoms with E-state index in [0.717, 1.165) is 0 Å². The highest BCUT2D eigenvalue weighted by Gasteiger charge is 2.70. The van der Waals surface area contributed by atoms with Gasteiger partial charge in [-0.1, -0.05) is 25.9 Å². The van der Waals surface area contributed by atoms with Crippen molar-refractivity contribution in [1.82, 2.24) is 0 Å². The number of ether oxygens (including phenoxy) is 2. The van der Waals surface area contributed by atoms with Gasteiger partial charge in [-0.25, -0.2) is 4.79 Å². The molecule has 2 N–H and O–H groups in total. The monoisotopic (exact) mass is 377 g/mol. The molecular formula is C19H23NO7. The van der Waals surface area contributed by atoms with Crippen molar-refractivity contribution in [1.29, 1.82) is 0 Å². The molecule has 8 nitrogen and oxygen atoms in total. The number of Topliss-reactive ketones (excluding diaryl/α,β-unsaturated/α-hetero) is 1. The second-order valence-corrected chi connectivity index (χ2v) is 8.81. The van der Waals surface area contributed by atoms with Crippen molar-refractivity contribution in [2.24, 2.45) is 28.8 Å². The number of hydrogen-bond donors (Lipinski definition) is 2. The molecule has 7 bridgehead atoms. The number of nitrogens with zero attached hydrogens (tertiary/aromatic N) is 1. The highest BCUT2D eigenvalue weighted by atomic mass is 16.7. The fourth-order valence-corrected chi connectivity index (χ4v) is 5.55. The number of fused-ring (bicyclic) bond motifs is 3. The van der Waals surface area contributed by atoms with Crippen LogP contribution in [0.5, 0.6) is 0 Å². The van der Waals surface area contributed by atoms with E-state index < -0.39 is 41.4 Å². The predicted octanol–water partition coefficient (Wildman–Crippen LogP) is 0.662. The van der Waals surface area contributed by atoms with Gasteiger partial charge in [0.05, 0.1) is 18.1 Å². The average molecular weight is 377 g/mol. The molecule has 4 aliphatic heterocycles. The Hall–Kier alpha value is -1.93. The molecule has 4 heterocycles. The van der Waals surface area contributed by atoms with Crippen molar-refractivity contribution in [2.45, 2.75) is 63.6 Å². The van der Waals surface area contributed by atoms with E-state index in [1.54, 1.807) is 13.8 Å². The highest BCUT2D eigenvalue weighted by molar-refractivity contribution is 6.20. The van der Waals surface area contributed by atoms with Gasteiger partial charge in [0, 0.05) is 18.3 Å². The number of oxime groups is 1. The third kappa shape index (κ3) is 1.97. The largest absolute Gasteiger partial charge is 0.486 e. The lowest BCUT2D eigenvalue weighted by atomic mass is 9.62. The number of carbonyl (C=O) groups excluding carboxylic acids is 2. The molecule has 1 spiro atoms. The molecule has 0 amide bonds. The van der Waals surface area contributed by atoms with Crippen LogP contribution in [0.2, 0.25) is 0 Å². The second-order valence-electron chi connectivity index (χ2n) is 8.81. The molecule has 2 saturated heterocycles. The van der Waals surface area contributed by atoms with Crippen molar-refractivity contribution in [3.63, 3.8) is 0 Å². The molecule has 27 heavy (non-hydrogen) atoms. The topological polar surface area (TPSA) is 115 Å². The third-order valence-corrected chi connectivity index (χ3v) is 7.00. The minimum absolute atomic E-state index is 0.0465. The lowest BCUT2D eigenvalue weighted by molar-refractivity contribution is -0.220. The van der Waals surface area contributed by atoms with Crippen LogP contribution >= 0.6 is 0 Å². The summed E-state index contributed by atoms with van der Waals surface area (Å²) in [6, 6.07) is 0. The Bertz CT molecular complexity index is 819. The summed E-state index contributed by atoms with van der Waals surface area (Å²) in [5.41, 5.74) is -0.864. The van der Waals surface area contributed by atoms with Crippen molar-refractivity contribution < 1.29 is 34.1 Å². The molecule has 6 aliphatic rings. The summed E-state index contributed by atoms with van der Waals surface area (Å²) < 4.78 is 11.8. The normalized spacial score (nSPS) is 50.6. The van der Waals surface area contributed by atoms with Crippen molar-refractivity contribution >= 4 is 17.5 Å². The maximum Gasteiger partial charge on any atom is 0.346 e. The van der Waals surface area contributed by atoms with Gasteiger partial charge in [-0.15, -0.1) is 0 Å². The van der Waals surface area contributed by atoms with E-state index >= 15 is 0 Å². The van der Waals surface area contributed by atoms with Crippen LogP contribution in [0.25, 0.3) is 0 Å². The number of carbonyl (C=O) groups is 2. The molecule has 0 aromatic carbocycles. The predicted molar refractivity (Wildman–Crippen MR) is 90.0 cm³/mol. The fraction of sp³-hybridized carbons (Fsp3) is 0.737. The zero-order valence-electron chi connectivity index (χ0n) is 15.5. The minimum atomic E-state index is -1.54. The van der Waals surface area contributed by atoms with Crippen LogP contribution < -0.4 is 0 Å². The van der Waals surface area contributed by atoms with Crippen LogP contribution in [0, 0.1) is 23.7 Å². The molecule has 146 valence electrons. The summed E-state index contributed by atoms with van der Waals surface area (Å²) in [6.45, 7) is 5.43. The van der Waals surface area contributed by atoms with Crippen molar-refractivity contribution in [3.8, 4) is 0 Å². The van der Waals surface area contributed by atoms with Gasteiger partial charge >= 0.3 is 5.97 Å². The summed E-state index contributed by atoms with van der Waals surface area (Å²) >= 11 is 0. The summed E-state index contributed by atoms with van der Waals surface area (Å²) in [5, 5.41) is 26.0. The Balaban J connectivity index is 1.73. The van der Waals surface area contributed by atoms with Crippen LogP contribution in [-0.4, -0.2) is 51.3 Å². The van der Waals surface area contributed by atoms with Crippen LogP contribution in [0.15, 0.2) is 16.5 Å². The molecule has 6 rings (SSSR count). The maximum atomic E-state index is 13.1. The molecule has 3 fully saturated rings. The van der Waals surface area contributed by atoms with Gasteiger partial charge < -0.3 is 24.5 Å². The molecular weight excluding hydrogens is 354 g/mol. The van der Waals surface area contributed by atoms with Crippen LogP contribution in [0.1, 0.15) is 40.0 Å². The Morgan fingerprint density at radius 2 is 1.96 bits per heavy atom. The van der Waals surface area contributed by atoms with E-state index in [1.807, 2.05) is 6.92 Å². The Kier molecular flexibility index (Phi) is 3.25. The Labute approximate surface area is 156 Å². The van der Waals surface area contributed by atoms with Gasteiger partial charge in [0.25, 0.3) is 0 Å². The quantitative estimate of drug-likeness (QED) is 0.471. The fourth-order valence-electron chi connectivity index (χ4n) is 5.55. The zero-order chi connectivity index (χ0) is 19.3. The van der Waals surface area contributed by atoms with Gasteiger partial charge in [-0.3, -0.25) is 4.79 Å². The SMILES string of the molecule is C[C@@H]1C[C@H](C)[C@]2(O)CC(=NO2)[C@@H]2C(O)C3OC4=C(C(=O)OC42C[C@H]3C)C1=O. The van der Waals surface area contributed by atoms with E-state index in [2.05, 4.69) is 5.16 Å².